The number of nitrogens with zero attached hydrogens (tertiary/aromatic N) is 5. The number of benzene rings is 2. The van der Waals surface area contributed by atoms with Gasteiger partial charge in [0.25, 0.3) is 0 Å². The van der Waals surface area contributed by atoms with E-state index in [9.17, 15) is 0 Å². The Labute approximate surface area is 174 Å². The smallest absolute Gasteiger partial charge is 0.203 e. The predicted molar refractivity (Wildman–Crippen MR) is 111 cm³/mol. The van der Waals surface area contributed by atoms with Gasteiger partial charge >= 0.3 is 0 Å². The molecule has 28 heavy (non-hydrogen) atoms. The number of hydrogen-bond acceptors (Lipinski definition) is 8. The summed E-state index contributed by atoms with van der Waals surface area (Å²) in [6.45, 7) is 0.274. The van der Waals surface area contributed by atoms with Gasteiger partial charge in [0.2, 0.25) is 5.13 Å². The molecule has 0 fully saturated rings. The van der Waals surface area contributed by atoms with E-state index in [1.54, 1.807) is 12.1 Å². The normalized spacial score (nSPS) is 10.9. The van der Waals surface area contributed by atoms with Crippen LogP contribution in [0.3, 0.4) is 0 Å². The second-order valence-corrected chi connectivity index (χ2v) is 8.11. The summed E-state index contributed by atoms with van der Waals surface area (Å²) >= 11 is 8.81. The Bertz CT molecular complexity index is 1050. The SMILES string of the molecule is Nc1nnc(CSc2nnc(COc3ccc(Cl)cc3)n2-c2ccccc2)s1. The van der Waals surface area contributed by atoms with E-state index in [-0.39, 0.29) is 6.61 Å². The van der Waals surface area contributed by atoms with Crippen molar-refractivity contribution in [3.05, 3.63) is 70.5 Å². The van der Waals surface area contributed by atoms with E-state index in [1.807, 2.05) is 47.0 Å². The van der Waals surface area contributed by atoms with Crippen molar-refractivity contribution in [2.24, 2.45) is 0 Å². The minimum Gasteiger partial charge on any atom is -0.486 e. The first-order valence-electron chi connectivity index (χ1n) is 8.28. The van der Waals surface area contributed by atoms with Gasteiger partial charge in [-0.25, -0.2) is 0 Å². The number of thioether (sulfide) groups is 1. The minimum atomic E-state index is 0.274. The molecule has 2 aromatic heterocycles. The summed E-state index contributed by atoms with van der Waals surface area (Å²) in [5.41, 5.74) is 6.61. The number of nitrogen functional groups attached to an aromatic ring is 1. The molecule has 0 saturated heterocycles. The third kappa shape index (κ3) is 4.44. The van der Waals surface area contributed by atoms with E-state index in [2.05, 4.69) is 20.4 Å². The summed E-state index contributed by atoms with van der Waals surface area (Å²) in [4.78, 5) is 0. The van der Waals surface area contributed by atoms with Crippen LogP contribution < -0.4 is 10.5 Å². The highest BCUT2D eigenvalue weighted by Gasteiger charge is 2.16. The Morgan fingerprint density at radius 2 is 1.79 bits per heavy atom. The number of para-hydroxylation sites is 1. The van der Waals surface area contributed by atoms with Crippen LogP contribution in [0.25, 0.3) is 5.69 Å². The van der Waals surface area contributed by atoms with Gasteiger partial charge in [-0.2, -0.15) is 0 Å². The summed E-state index contributed by atoms with van der Waals surface area (Å²) in [6.07, 6.45) is 0. The van der Waals surface area contributed by atoms with Crippen molar-refractivity contribution in [2.45, 2.75) is 17.5 Å². The molecule has 4 aromatic rings. The second kappa shape index (κ2) is 8.59. The molecule has 0 aliphatic carbocycles. The van der Waals surface area contributed by atoms with Crippen LogP contribution in [0.5, 0.6) is 5.75 Å². The molecule has 0 aliphatic heterocycles. The number of ether oxygens (including phenoxy) is 1. The van der Waals surface area contributed by atoms with Gasteiger partial charge in [-0.1, -0.05) is 52.9 Å². The molecule has 7 nitrogen and oxygen atoms in total. The van der Waals surface area contributed by atoms with E-state index < -0.39 is 0 Å². The zero-order chi connectivity index (χ0) is 19.3. The molecule has 0 aliphatic rings. The molecule has 142 valence electrons. The van der Waals surface area contributed by atoms with Crippen molar-refractivity contribution in [1.82, 2.24) is 25.0 Å². The van der Waals surface area contributed by atoms with Crippen LogP contribution in [0, 0.1) is 0 Å². The predicted octanol–water partition coefficient (Wildman–Crippen LogP) is 4.23. The first kappa shape index (κ1) is 18.7. The molecule has 0 bridgehead atoms. The van der Waals surface area contributed by atoms with Gasteiger partial charge < -0.3 is 10.5 Å². The maximum atomic E-state index is 5.92. The fraction of sp³-hybridized carbons (Fsp3) is 0.111. The molecule has 0 radical (unpaired) electrons. The Morgan fingerprint density at radius 3 is 2.50 bits per heavy atom. The summed E-state index contributed by atoms with van der Waals surface area (Å²) < 4.78 is 7.84. The van der Waals surface area contributed by atoms with Crippen LogP contribution in [0.1, 0.15) is 10.8 Å². The Morgan fingerprint density at radius 1 is 1.00 bits per heavy atom. The molecule has 0 spiro atoms. The van der Waals surface area contributed by atoms with Crippen LogP contribution in [-0.4, -0.2) is 25.0 Å². The monoisotopic (exact) mass is 430 g/mol. The van der Waals surface area contributed by atoms with E-state index >= 15 is 0 Å². The van der Waals surface area contributed by atoms with Crippen LogP contribution in [-0.2, 0) is 12.4 Å². The zero-order valence-electron chi connectivity index (χ0n) is 14.5. The van der Waals surface area contributed by atoms with Crippen molar-refractivity contribution in [1.29, 1.82) is 0 Å². The summed E-state index contributed by atoms with van der Waals surface area (Å²) in [5.74, 6) is 2.02. The fourth-order valence-corrected chi connectivity index (χ4v) is 4.15. The van der Waals surface area contributed by atoms with Gasteiger partial charge in [0.15, 0.2) is 11.0 Å². The van der Waals surface area contributed by atoms with E-state index in [0.717, 1.165) is 15.9 Å². The molecule has 0 saturated carbocycles. The molecule has 10 heteroatoms. The number of aromatic nitrogens is 5. The lowest BCUT2D eigenvalue weighted by atomic mass is 10.3. The molecule has 4 rings (SSSR count). The molecular weight excluding hydrogens is 416 g/mol. The third-order valence-electron chi connectivity index (χ3n) is 3.70. The number of halogens is 1. The summed E-state index contributed by atoms with van der Waals surface area (Å²) in [5, 5.41) is 19.3. The maximum Gasteiger partial charge on any atom is 0.203 e. The number of anilines is 1. The van der Waals surface area contributed by atoms with Gasteiger partial charge in [-0.3, -0.25) is 4.57 Å². The van der Waals surface area contributed by atoms with Crippen molar-refractivity contribution < 1.29 is 4.74 Å². The number of nitrogens with two attached hydrogens (primary N) is 1. The van der Waals surface area contributed by atoms with E-state index in [0.29, 0.717) is 27.5 Å². The van der Waals surface area contributed by atoms with Crippen LogP contribution in [0.4, 0.5) is 5.13 Å². The van der Waals surface area contributed by atoms with Crippen molar-refractivity contribution in [3.63, 3.8) is 0 Å². The molecular formula is C18H15ClN6OS2. The molecule has 2 heterocycles. The van der Waals surface area contributed by atoms with Crippen molar-refractivity contribution >= 4 is 39.8 Å². The average Bonchev–Trinajstić information content (AvgIpc) is 3.32. The third-order valence-corrected chi connectivity index (χ3v) is 5.83. The molecule has 0 atom stereocenters. The lowest BCUT2D eigenvalue weighted by Crippen LogP contribution is -2.06. The van der Waals surface area contributed by atoms with E-state index in [4.69, 9.17) is 22.1 Å². The molecule has 0 amide bonds. The van der Waals surface area contributed by atoms with Crippen molar-refractivity contribution in [3.8, 4) is 11.4 Å². The summed E-state index contributed by atoms with van der Waals surface area (Å²) in [7, 11) is 0. The first-order valence-corrected chi connectivity index (χ1v) is 10.5. The molecule has 0 unspecified atom stereocenters. The average molecular weight is 431 g/mol. The Kier molecular flexibility index (Phi) is 5.75. The van der Waals surface area contributed by atoms with Crippen LogP contribution in [0.15, 0.2) is 59.8 Å². The van der Waals surface area contributed by atoms with Crippen LogP contribution >= 0.6 is 34.7 Å². The van der Waals surface area contributed by atoms with Crippen LogP contribution in [0.2, 0.25) is 5.02 Å². The maximum absolute atomic E-state index is 5.92. The van der Waals surface area contributed by atoms with E-state index in [1.165, 1.54) is 23.1 Å². The quantitative estimate of drug-likeness (QED) is 0.438. The van der Waals surface area contributed by atoms with Gasteiger partial charge in [0.05, 0.1) is 5.75 Å². The first-order chi connectivity index (χ1) is 13.7. The fourth-order valence-electron chi connectivity index (χ4n) is 2.45. The van der Waals surface area contributed by atoms with Gasteiger partial charge in [-0.15, -0.1) is 20.4 Å². The number of rotatable bonds is 7. The Hall–Kier alpha value is -2.62. The van der Waals surface area contributed by atoms with Crippen molar-refractivity contribution in [2.75, 3.05) is 5.73 Å². The van der Waals surface area contributed by atoms with Gasteiger partial charge in [-0.05, 0) is 36.4 Å². The summed E-state index contributed by atoms with van der Waals surface area (Å²) in [6, 6.07) is 17.1. The largest absolute Gasteiger partial charge is 0.486 e. The highest BCUT2D eigenvalue weighted by Crippen LogP contribution is 2.27. The van der Waals surface area contributed by atoms with Gasteiger partial charge in [0.1, 0.15) is 17.4 Å². The number of hydrogen-bond donors (Lipinski definition) is 1. The Balaban J connectivity index is 1.57. The topological polar surface area (TPSA) is 91.7 Å². The lowest BCUT2D eigenvalue weighted by Gasteiger charge is -2.11. The lowest BCUT2D eigenvalue weighted by molar-refractivity contribution is 0.293. The van der Waals surface area contributed by atoms with Gasteiger partial charge in [0, 0.05) is 10.7 Å². The standard InChI is InChI=1S/C18H15ClN6OS2/c19-12-6-8-14(9-7-12)26-10-15-21-24-18(25(15)13-4-2-1-3-5-13)27-11-16-22-23-17(20)28-16/h1-9H,10-11H2,(H2,20,23). The second-order valence-electron chi connectivity index (χ2n) is 5.64. The molecule has 2 N–H and O–H groups in total. The minimum absolute atomic E-state index is 0.274. The highest BCUT2D eigenvalue weighted by molar-refractivity contribution is 7.98. The molecule has 2 aromatic carbocycles. The zero-order valence-corrected chi connectivity index (χ0v) is 16.9. The highest BCUT2D eigenvalue weighted by atomic mass is 35.5.